The topological polar surface area (TPSA) is 69.9 Å². The van der Waals surface area contributed by atoms with Gasteiger partial charge in [-0.3, -0.25) is 4.57 Å². The van der Waals surface area contributed by atoms with Crippen LogP contribution in [0.3, 0.4) is 0 Å². The van der Waals surface area contributed by atoms with Gasteiger partial charge < -0.3 is 8.83 Å². The van der Waals surface area contributed by atoms with Crippen LogP contribution in [0.25, 0.3) is 22.8 Å². The number of thioether (sulfide) groups is 1. The van der Waals surface area contributed by atoms with Gasteiger partial charge in [0.1, 0.15) is 12.0 Å². The van der Waals surface area contributed by atoms with Crippen molar-refractivity contribution in [3.8, 4) is 22.8 Å². The first kappa shape index (κ1) is 18.6. The van der Waals surface area contributed by atoms with Crippen LogP contribution in [0.2, 0.25) is 5.02 Å². The van der Waals surface area contributed by atoms with E-state index in [1.54, 1.807) is 12.5 Å². The van der Waals surface area contributed by atoms with Crippen molar-refractivity contribution in [1.29, 1.82) is 0 Å². The zero-order valence-electron chi connectivity index (χ0n) is 15.1. The fourth-order valence-electron chi connectivity index (χ4n) is 2.77. The molecule has 3 aromatic heterocycles. The minimum atomic E-state index is 0.542. The molecule has 4 aromatic rings. The molecule has 0 aliphatic rings. The van der Waals surface area contributed by atoms with E-state index in [9.17, 15) is 0 Å². The van der Waals surface area contributed by atoms with Crippen molar-refractivity contribution in [2.75, 3.05) is 0 Å². The molecule has 142 valence electrons. The predicted octanol–water partition coefficient (Wildman–Crippen LogP) is 5.63. The van der Waals surface area contributed by atoms with Crippen molar-refractivity contribution < 1.29 is 8.83 Å². The van der Waals surface area contributed by atoms with E-state index in [1.807, 2.05) is 47.9 Å². The number of benzene rings is 1. The first-order chi connectivity index (χ1) is 13.7. The van der Waals surface area contributed by atoms with Gasteiger partial charge in [0.05, 0.1) is 17.5 Å². The van der Waals surface area contributed by atoms with Crippen molar-refractivity contribution >= 4 is 23.4 Å². The van der Waals surface area contributed by atoms with Gasteiger partial charge in [0.25, 0.3) is 0 Å². The Balaban J connectivity index is 1.53. The van der Waals surface area contributed by atoms with Crippen LogP contribution in [0.1, 0.15) is 11.5 Å². The second-order valence-corrected chi connectivity index (χ2v) is 7.42. The van der Waals surface area contributed by atoms with Crippen LogP contribution in [0, 0.1) is 6.92 Å². The standard InChI is InChI=1S/C20H17ClN4O2S/c1-3-8-25-18(17-7-9-26-13(17)2)23-24-20(25)28-12-16-11-27-19(22-16)14-5-4-6-15(21)10-14/h3-7,9-11H,1,8,12H2,2H3. The van der Waals surface area contributed by atoms with Gasteiger partial charge in [0.15, 0.2) is 11.0 Å². The van der Waals surface area contributed by atoms with Crippen molar-refractivity contribution in [3.05, 3.63) is 72.0 Å². The average molecular weight is 413 g/mol. The van der Waals surface area contributed by atoms with E-state index in [1.165, 1.54) is 11.8 Å². The molecule has 8 heteroatoms. The van der Waals surface area contributed by atoms with Gasteiger partial charge in [-0.1, -0.05) is 35.5 Å². The summed E-state index contributed by atoms with van der Waals surface area (Å²) in [5.41, 5.74) is 2.58. The molecule has 0 amide bonds. The molecule has 0 aliphatic carbocycles. The number of oxazole rings is 1. The lowest BCUT2D eigenvalue weighted by atomic mass is 10.2. The molecule has 0 atom stereocenters. The van der Waals surface area contributed by atoms with Crippen LogP contribution >= 0.6 is 23.4 Å². The minimum Gasteiger partial charge on any atom is -0.469 e. The molecule has 0 radical (unpaired) electrons. The van der Waals surface area contributed by atoms with Crippen LogP contribution in [-0.2, 0) is 12.3 Å². The Morgan fingerprint density at radius 1 is 1.25 bits per heavy atom. The lowest BCUT2D eigenvalue weighted by Crippen LogP contribution is -2.00. The summed E-state index contributed by atoms with van der Waals surface area (Å²) in [4.78, 5) is 4.54. The Bertz CT molecular complexity index is 1120. The molecule has 0 bridgehead atoms. The highest BCUT2D eigenvalue weighted by Gasteiger charge is 2.17. The lowest BCUT2D eigenvalue weighted by Gasteiger charge is -2.06. The van der Waals surface area contributed by atoms with Crippen molar-refractivity contribution in [1.82, 2.24) is 19.7 Å². The smallest absolute Gasteiger partial charge is 0.226 e. The van der Waals surface area contributed by atoms with Crippen molar-refractivity contribution in [2.24, 2.45) is 0 Å². The number of rotatable bonds is 7. The molecular weight excluding hydrogens is 396 g/mol. The van der Waals surface area contributed by atoms with Crippen molar-refractivity contribution in [3.63, 3.8) is 0 Å². The summed E-state index contributed by atoms with van der Waals surface area (Å²) in [6.07, 6.45) is 5.12. The maximum Gasteiger partial charge on any atom is 0.226 e. The summed E-state index contributed by atoms with van der Waals surface area (Å²) in [6, 6.07) is 9.31. The second kappa shape index (κ2) is 8.08. The Kier molecular flexibility index (Phi) is 5.36. The van der Waals surface area contributed by atoms with E-state index in [0.717, 1.165) is 33.6 Å². The molecule has 1 aromatic carbocycles. The zero-order valence-corrected chi connectivity index (χ0v) is 16.7. The molecule has 0 saturated carbocycles. The third-order valence-corrected chi connectivity index (χ3v) is 5.34. The molecule has 0 aliphatic heterocycles. The van der Waals surface area contributed by atoms with Crippen LogP contribution in [-0.4, -0.2) is 19.7 Å². The monoisotopic (exact) mass is 412 g/mol. The Labute approximate surface area is 171 Å². The number of hydrogen-bond acceptors (Lipinski definition) is 6. The molecule has 0 N–H and O–H groups in total. The molecule has 6 nitrogen and oxygen atoms in total. The van der Waals surface area contributed by atoms with Gasteiger partial charge in [-0.05, 0) is 31.2 Å². The van der Waals surface area contributed by atoms with E-state index in [0.29, 0.717) is 23.2 Å². The summed E-state index contributed by atoms with van der Waals surface area (Å²) in [5.74, 6) is 2.70. The Morgan fingerprint density at radius 2 is 2.14 bits per heavy atom. The van der Waals surface area contributed by atoms with E-state index in [2.05, 4.69) is 21.8 Å². The predicted molar refractivity (Wildman–Crippen MR) is 109 cm³/mol. The molecule has 28 heavy (non-hydrogen) atoms. The van der Waals surface area contributed by atoms with Gasteiger partial charge in [-0.15, -0.1) is 16.8 Å². The van der Waals surface area contributed by atoms with Gasteiger partial charge in [-0.25, -0.2) is 4.98 Å². The molecule has 3 heterocycles. The van der Waals surface area contributed by atoms with Crippen LogP contribution < -0.4 is 0 Å². The van der Waals surface area contributed by atoms with Crippen LogP contribution in [0.15, 0.2) is 69.5 Å². The third kappa shape index (κ3) is 3.76. The Hall–Kier alpha value is -2.77. The average Bonchev–Trinajstić information content (AvgIpc) is 3.40. The number of hydrogen-bond donors (Lipinski definition) is 0. The maximum absolute atomic E-state index is 6.04. The quantitative estimate of drug-likeness (QED) is 0.289. The van der Waals surface area contributed by atoms with E-state index < -0.39 is 0 Å². The first-order valence-corrected chi connectivity index (χ1v) is 9.93. The molecule has 0 spiro atoms. The maximum atomic E-state index is 6.04. The van der Waals surface area contributed by atoms with E-state index >= 15 is 0 Å². The summed E-state index contributed by atoms with van der Waals surface area (Å²) in [6.45, 7) is 6.34. The highest BCUT2D eigenvalue weighted by molar-refractivity contribution is 7.98. The fourth-order valence-corrected chi connectivity index (χ4v) is 3.79. The zero-order chi connectivity index (χ0) is 19.5. The lowest BCUT2D eigenvalue weighted by molar-refractivity contribution is 0.534. The molecular formula is C20H17ClN4O2S. The number of furan rings is 1. The fraction of sp³-hybridized carbons (Fsp3) is 0.150. The number of allylic oxidation sites excluding steroid dienone is 1. The highest BCUT2D eigenvalue weighted by Crippen LogP contribution is 2.29. The summed E-state index contributed by atoms with van der Waals surface area (Å²) < 4.78 is 13.0. The largest absolute Gasteiger partial charge is 0.469 e. The second-order valence-electron chi connectivity index (χ2n) is 6.04. The van der Waals surface area contributed by atoms with Gasteiger partial charge in [-0.2, -0.15) is 0 Å². The third-order valence-electron chi connectivity index (χ3n) is 4.10. The molecule has 4 rings (SSSR count). The first-order valence-electron chi connectivity index (χ1n) is 8.57. The normalized spacial score (nSPS) is 11.1. The van der Waals surface area contributed by atoms with E-state index in [4.69, 9.17) is 20.4 Å². The molecule has 0 saturated heterocycles. The van der Waals surface area contributed by atoms with E-state index in [-0.39, 0.29) is 0 Å². The van der Waals surface area contributed by atoms with Crippen LogP contribution in [0.4, 0.5) is 0 Å². The highest BCUT2D eigenvalue weighted by atomic mass is 35.5. The molecule has 0 unspecified atom stereocenters. The van der Waals surface area contributed by atoms with Crippen molar-refractivity contribution in [2.45, 2.75) is 24.4 Å². The number of aryl methyl sites for hydroxylation is 1. The summed E-state index contributed by atoms with van der Waals surface area (Å²) in [5, 5.41) is 10.1. The number of nitrogens with zero attached hydrogens (tertiary/aromatic N) is 4. The number of aromatic nitrogens is 4. The van der Waals surface area contributed by atoms with Gasteiger partial charge in [0, 0.05) is 22.9 Å². The summed E-state index contributed by atoms with van der Waals surface area (Å²) in [7, 11) is 0. The Morgan fingerprint density at radius 3 is 2.89 bits per heavy atom. The molecule has 0 fully saturated rings. The number of halogens is 1. The van der Waals surface area contributed by atoms with Crippen LogP contribution in [0.5, 0.6) is 0 Å². The minimum absolute atomic E-state index is 0.542. The SMILES string of the molecule is C=CCn1c(SCc2coc(-c3cccc(Cl)c3)n2)nnc1-c1ccoc1C. The van der Waals surface area contributed by atoms with Gasteiger partial charge in [0.2, 0.25) is 5.89 Å². The summed E-state index contributed by atoms with van der Waals surface area (Å²) >= 11 is 7.58. The van der Waals surface area contributed by atoms with Gasteiger partial charge >= 0.3 is 0 Å².